The molecule has 0 amide bonds. The predicted octanol–water partition coefficient (Wildman–Crippen LogP) is 1.57. The molecule has 132 valence electrons. The van der Waals surface area contributed by atoms with Crippen molar-refractivity contribution < 1.29 is 13.0 Å². The van der Waals surface area contributed by atoms with Crippen LogP contribution in [-0.4, -0.2) is 49.4 Å². The molecule has 1 aromatic carbocycles. The SMILES string of the molecule is N#CC1=C(N2CCN(c3ccccc3Cl)CC2)C=CNC1S(=O)(=O)O. The fourth-order valence-corrected chi connectivity index (χ4v) is 4.02. The summed E-state index contributed by atoms with van der Waals surface area (Å²) in [6.45, 7) is 2.58. The summed E-state index contributed by atoms with van der Waals surface area (Å²) in [7, 11) is -4.42. The maximum Gasteiger partial charge on any atom is 0.291 e. The van der Waals surface area contributed by atoms with E-state index in [0.717, 1.165) is 5.69 Å². The van der Waals surface area contributed by atoms with Gasteiger partial charge in [-0.05, 0) is 24.4 Å². The first kappa shape index (κ1) is 17.6. The van der Waals surface area contributed by atoms with Crippen molar-refractivity contribution in [3.63, 3.8) is 0 Å². The molecule has 2 aliphatic rings. The number of benzene rings is 1. The van der Waals surface area contributed by atoms with Crippen LogP contribution in [0.2, 0.25) is 5.02 Å². The average Bonchev–Trinajstić information content (AvgIpc) is 2.61. The lowest BCUT2D eigenvalue weighted by molar-refractivity contribution is 0.325. The molecular weight excluding hydrogens is 364 g/mol. The third-order valence-corrected chi connectivity index (χ3v) is 5.55. The van der Waals surface area contributed by atoms with Crippen molar-refractivity contribution >= 4 is 27.4 Å². The van der Waals surface area contributed by atoms with E-state index < -0.39 is 15.5 Å². The third-order valence-electron chi connectivity index (χ3n) is 4.26. The van der Waals surface area contributed by atoms with E-state index in [2.05, 4.69) is 10.2 Å². The van der Waals surface area contributed by atoms with Gasteiger partial charge in [-0.15, -0.1) is 0 Å². The Morgan fingerprint density at radius 2 is 1.84 bits per heavy atom. The second-order valence-corrected chi connectivity index (χ2v) is 7.64. The van der Waals surface area contributed by atoms with E-state index in [1.807, 2.05) is 35.2 Å². The van der Waals surface area contributed by atoms with Gasteiger partial charge in [-0.3, -0.25) is 4.55 Å². The molecule has 0 aromatic heterocycles. The standard InChI is InChI=1S/C16H17ClN4O3S/c17-13-3-1-2-4-15(13)21-9-7-20(8-10-21)14-5-6-19-16(12(14)11-18)25(22,23)24/h1-6,16,19H,7-10H2,(H,22,23,24). The number of halogens is 1. The number of para-hydroxylation sites is 1. The van der Waals surface area contributed by atoms with Crippen molar-refractivity contribution in [2.45, 2.75) is 5.37 Å². The van der Waals surface area contributed by atoms with Crippen LogP contribution in [0.3, 0.4) is 0 Å². The molecule has 1 unspecified atom stereocenters. The van der Waals surface area contributed by atoms with Crippen molar-refractivity contribution in [1.29, 1.82) is 5.26 Å². The molecule has 0 bridgehead atoms. The van der Waals surface area contributed by atoms with Crippen molar-refractivity contribution in [2.75, 3.05) is 31.1 Å². The molecule has 3 rings (SSSR count). The highest BCUT2D eigenvalue weighted by Gasteiger charge is 2.33. The van der Waals surface area contributed by atoms with Crippen LogP contribution in [0, 0.1) is 11.3 Å². The molecule has 1 atom stereocenters. The largest absolute Gasteiger partial charge is 0.369 e. The van der Waals surface area contributed by atoms with Crippen molar-refractivity contribution in [1.82, 2.24) is 10.2 Å². The molecule has 1 aromatic rings. The molecule has 2 aliphatic heterocycles. The minimum atomic E-state index is -4.42. The molecule has 9 heteroatoms. The lowest BCUT2D eigenvalue weighted by Crippen LogP contribution is -2.48. The Balaban J connectivity index is 1.80. The summed E-state index contributed by atoms with van der Waals surface area (Å²) in [6.07, 6.45) is 3.10. The summed E-state index contributed by atoms with van der Waals surface area (Å²) in [5.74, 6) is 0. The summed E-state index contributed by atoms with van der Waals surface area (Å²) in [5.41, 5.74) is 1.47. The minimum Gasteiger partial charge on any atom is -0.369 e. The van der Waals surface area contributed by atoms with Crippen LogP contribution < -0.4 is 10.2 Å². The number of anilines is 1. The van der Waals surface area contributed by atoms with Crippen LogP contribution in [-0.2, 0) is 10.1 Å². The second-order valence-electron chi connectivity index (χ2n) is 5.73. The zero-order valence-electron chi connectivity index (χ0n) is 13.3. The summed E-state index contributed by atoms with van der Waals surface area (Å²) in [4.78, 5) is 4.10. The number of rotatable bonds is 3. The highest BCUT2D eigenvalue weighted by molar-refractivity contribution is 7.86. The Kier molecular flexibility index (Phi) is 4.90. The number of hydrogen-bond donors (Lipinski definition) is 2. The number of piperazine rings is 1. The number of nitrogens with one attached hydrogen (secondary N) is 1. The predicted molar refractivity (Wildman–Crippen MR) is 95.5 cm³/mol. The smallest absolute Gasteiger partial charge is 0.291 e. The van der Waals surface area contributed by atoms with E-state index in [9.17, 15) is 18.2 Å². The Bertz CT molecular complexity index is 868. The third kappa shape index (κ3) is 3.58. The Morgan fingerprint density at radius 1 is 1.20 bits per heavy atom. The number of nitriles is 1. The van der Waals surface area contributed by atoms with E-state index >= 15 is 0 Å². The van der Waals surface area contributed by atoms with Crippen molar-refractivity contribution in [3.8, 4) is 6.07 Å². The first-order chi connectivity index (χ1) is 11.9. The first-order valence-corrected chi connectivity index (χ1v) is 9.57. The van der Waals surface area contributed by atoms with Crippen LogP contribution in [0.5, 0.6) is 0 Å². The molecule has 0 saturated carbocycles. The topological polar surface area (TPSA) is 96.7 Å². The number of dihydropyridines is 1. The van der Waals surface area contributed by atoms with Gasteiger partial charge in [0.05, 0.1) is 22.0 Å². The maximum absolute atomic E-state index is 11.5. The number of hydrogen-bond acceptors (Lipinski definition) is 6. The normalized spacial score (nSPS) is 21.1. The molecular formula is C16H17ClN4O3S. The minimum absolute atomic E-state index is 0.00352. The van der Waals surface area contributed by atoms with Gasteiger partial charge in [0.1, 0.15) is 6.07 Å². The Labute approximate surface area is 151 Å². The van der Waals surface area contributed by atoms with Gasteiger partial charge in [0, 0.05) is 26.2 Å². The van der Waals surface area contributed by atoms with Gasteiger partial charge in [0.15, 0.2) is 5.37 Å². The lowest BCUT2D eigenvalue weighted by Gasteiger charge is -2.39. The fraction of sp³-hybridized carbons (Fsp3) is 0.312. The molecule has 1 fully saturated rings. The number of allylic oxidation sites excluding steroid dienone is 1. The average molecular weight is 381 g/mol. The second kappa shape index (κ2) is 6.96. The molecule has 1 saturated heterocycles. The molecule has 2 heterocycles. The lowest BCUT2D eigenvalue weighted by atomic mass is 10.1. The van der Waals surface area contributed by atoms with E-state index in [0.29, 0.717) is 36.9 Å². The van der Waals surface area contributed by atoms with Gasteiger partial charge in [0.25, 0.3) is 10.1 Å². The molecule has 0 radical (unpaired) electrons. The van der Waals surface area contributed by atoms with E-state index in [4.69, 9.17) is 11.6 Å². The summed E-state index contributed by atoms with van der Waals surface area (Å²) in [6, 6.07) is 9.51. The van der Waals surface area contributed by atoms with Crippen LogP contribution in [0.1, 0.15) is 0 Å². The zero-order chi connectivity index (χ0) is 18.0. The van der Waals surface area contributed by atoms with Crippen LogP contribution >= 0.6 is 11.6 Å². The van der Waals surface area contributed by atoms with Crippen LogP contribution in [0.4, 0.5) is 5.69 Å². The highest BCUT2D eigenvalue weighted by Crippen LogP contribution is 2.28. The van der Waals surface area contributed by atoms with E-state index in [1.165, 1.54) is 6.20 Å². The van der Waals surface area contributed by atoms with Crippen molar-refractivity contribution in [3.05, 3.63) is 52.8 Å². The quantitative estimate of drug-likeness (QED) is 0.768. The van der Waals surface area contributed by atoms with Gasteiger partial charge in [0.2, 0.25) is 0 Å². The first-order valence-electron chi connectivity index (χ1n) is 7.69. The van der Waals surface area contributed by atoms with Gasteiger partial charge < -0.3 is 15.1 Å². The van der Waals surface area contributed by atoms with Gasteiger partial charge >= 0.3 is 0 Å². The van der Waals surface area contributed by atoms with Crippen LogP contribution in [0.15, 0.2) is 47.8 Å². The highest BCUT2D eigenvalue weighted by atomic mass is 35.5. The van der Waals surface area contributed by atoms with E-state index in [1.54, 1.807) is 6.08 Å². The molecule has 2 N–H and O–H groups in total. The van der Waals surface area contributed by atoms with Crippen molar-refractivity contribution in [2.24, 2.45) is 0 Å². The van der Waals surface area contributed by atoms with Crippen LogP contribution in [0.25, 0.3) is 0 Å². The Hall–Kier alpha value is -2.21. The summed E-state index contributed by atoms with van der Waals surface area (Å²) in [5, 5.41) is 11.1. The number of nitrogens with zero attached hydrogens (tertiary/aromatic N) is 3. The summed E-state index contributed by atoms with van der Waals surface area (Å²) < 4.78 is 32.3. The van der Waals surface area contributed by atoms with E-state index in [-0.39, 0.29) is 5.57 Å². The summed E-state index contributed by atoms with van der Waals surface area (Å²) >= 11 is 6.24. The zero-order valence-corrected chi connectivity index (χ0v) is 14.8. The fourth-order valence-electron chi connectivity index (χ4n) is 3.04. The Morgan fingerprint density at radius 3 is 2.44 bits per heavy atom. The molecule has 7 nitrogen and oxygen atoms in total. The van der Waals surface area contributed by atoms with Gasteiger partial charge in [-0.25, -0.2) is 0 Å². The molecule has 0 aliphatic carbocycles. The van der Waals surface area contributed by atoms with Gasteiger partial charge in [-0.2, -0.15) is 13.7 Å². The maximum atomic E-state index is 11.5. The monoisotopic (exact) mass is 380 g/mol. The molecule has 0 spiro atoms. The van der Waals surface area contributed by atoms with Gasteiger partial charge in [-0.1, -0.05) is 23.7 Å². The molecule has 25 heavy (non-hydrogen) atoms.